The lowest BCUT2D eigenvalue weighted by Crippen LogP contribution is -2.51. The van der Waals surface area contributed by atoms with Gasteiger partial charge in [0, 0.05) is 12.1 Å². The zero-order chi connectivity index (χ0) is 14.1. The summed E-state index contributed by atoms with van der Waals surface area (Å²) in [7, 11) is 0. The summed E-state index contributed by atoms with van der Waals surface area (Å²) < 4.78 is 0. The van der Waals surface area contributed by atoms with Gasteiger partial charge in [-0.1, -0.05) is 6.92 Å². The van der Waals surface area contributed by atoms with Crippen LogP contribution in [0.4, 0.5) is 0 Å². The largest absolute Gasteiger partial charge is 0.481 e. The number of hydrogen-bond acceptors (Lipinski definition) is 3. The van der Waals surface area contributed by atoms with Gasteiger partial charge < -0.3 is 15.3 Å². The minimum Gasteiger partial charge on any atom is -0.481 e. The third-order valence-electron chi connectivity index (χ3n) is 5.76. The first-order chi connectivity index (χ1) is 9.69. The predicted octanol–water partition coefficient (Wildman–Crippen LogP) is 1.95. The molecule has 2 aliphatic carbocycles. The highest BCUT2D eigenvalue weighted by Gasteiger charge is 2.51. The average molecular weight is 280 g/mol. The molecule has 2 saturated carbocycles. The molecule has 4 unspecified atom stereocenters. The fourth-order valence-electron chi connectivity index (χ4n) is 4.80. The molecule has 0 aromatic rings. The van der Waals surface area contributed by atoms with E-state index in [9.17, 15) is 9.90 Å². The highest BCUT2D eigenvalue weighted by Crippen LogP contribution is 2.48. The number of fused-ring (bicyclic) bond motifs is 2. The number of aliphatic carboxylic acids is 1. The van der Waals surface area contributed by atoms with Gasteiger partial charge in [0.2, 0.25) is 0 Å². The molecular formula is C16H28N2O2. The Labute approximate surface area is 121 Å². The van der Waals surface area contributed by atoms with Crippen LogP contribution in [0, 0.1) is 17.8 Å². The molecule has 0 amide bonds. The second-order valence-electron chi connectivity index (χ2n) is 7.01. The molecule has 3 fully saturated rings. The molecule has 0 spiro atoms. The maximum atomic E-state index is 11.5. The summed E-state index contributed by atoms with van der Waals surface area (Å²) >= 11 is 0. The molecule has 114 valence electrons. The number of likely N-dealkylation sites (tertiary alicyclic amines) is 1. The van der Waals surface area contributed by atoms with E-state index in [4.69, 9.17) is 0 Å². The van der Waals surface area contributed by atoms with Gasteiger partial charge in [-0.25, -0.2) is 0 Å². The van der Waals surface area contributed by atoms with Crippen molar-refractivity contribution in [2.45, 2.75) is 57.5 Å². The van der Waals surface area contributed by atoms with Crippen LogP contribution >= 0.6 is 0 Å². The fourth-order valence-corrected chi connectivity index (χ4v) is 4.80. The quantitative estimate of drug-likeness (QED) is 0.808. The molecule has 1 saturated heterocycles. The average Bonchev–Trinajstić information content (AvgIpc) is 3.02. The van der Waals surface area contributed by atoms with E-state index in [2.05, 4.69) is 17.1 Å². The van der Waals surface area contributed by atoms with Crippen molar-refractivity contribution in [3.63, 3.8) is 0 Å². The number of rotatable bonds is 5. The summed E-state index contributed by atoms with van der Waals surface area (Å²) in [4.78, 5) is 14.1. The lowest BCUT2D eigenvalue weighted by molar-refractivity contribution is -0.144. The van der Waals surface area contributed by atoms with Crippen molar-refractivity contribution in [3.05, 3.63) is 0 Å². The minimum atomic E-state index is -0.571. The summed E-state index contributed by atoms with van der Waals surface area (Å²) in [6.07, 6.45) is 7.10. The number of piperidine rings is 1. The van der Waals surface area contributed by atoms with E-state index < -0.39 is 5.97 Å². The summed E-state index contributed by atoms with van der Waals surface area (Å²) in [5, 5.41) is 13.2. The van der Waals surface area contributed by atoms with Gasteiger partial charge in [-0.15, -0.1) is 0 Å². The fraction of sp³-hybridized carbons (Fsp3) is 0.938. The van der Waals surface area contributed by atoms with Crippen LogP contribution < -0.4 is 5.32 Å². The highest BCUT2D eigenvalue weighted by molar-refractivity contribution is 5.72. The van der Waals surface area contributed by atoms with E-state index >= 15 is 0 Å². The van der Waals surface area contributed by atoms with Crippen LogP contribution in [0.15, 0.2) is 0 Å². The molecule has 1 heterocycles. The van der Waals surface area contributed by atoms with Gasteiger partial charge in [0.25, 0.3) is 0 Å². The Morgan fingerprint density at radius 3 is 2.55 bits per heavy atom. The number of hydrogen-bond donors (Lipinski definition) is 2. The lowest BCUT2D eigenvalue weighted by Gasteiger charge is -2.37. The number of nitrogens with one attached hydrogen (secondary N) is 1. The summed E-state index contributed by atoms with van der Waals surface area (Å²) in [5.74, 6) is 0.366. The summed E-state index contributed by atoms with van der Waals surface area (Å²) in [5.41, 5.74) is 0. The Kier molecular flexibility index (Phi) is 4.32. The Bertz CT molecular complexity index is 352. The number of carboxylic acid groups (broad SMARTS) is 1. The summed E-state index contributed by atoms with van der Waals surface area (Å²) in [6.45, 7) is 5.78. The maximum Gasteiger partial charge on any atom is 0.308 e. The van der Waals surface area contributed by atoms with Crippen LogP contribution in [-0.4, -0.2) is 47.7 Å². The monoisotopic (exact) mass is 280 g/mol. The number of carboxylic acids is 1. The first-order valence-corrected chi connectivity index (χ1v) is 8.40. The molecule has 0 aromatic carbocycles. The molecule has 2 bridgehead atoms. The van der Waals surface area contributed by atoms with Gasteiger partial charge >= 0.3 is 5.97 Å². The van der Waals surface area contributed by atoms with Crippen LogP contribution in [0.25, 0.3) is 0 Å². The van der Waals surface area contributed by atoms with Gasteiger partial charge in [-0.2, -0.15) is 0 Å². The van der Waals surface area contributed by atoms with E-state index in [1.807, 2.05) is 0 Å². The Morgan fingerprint density at radius 2 is 1.90 bits per heavy atom. The molecule has 3 rings (SSSR count). The normalized spacial score (nSPS) is 38.5. The number of nitrogens with zero attached hydrogens (tertiary/aromatic N) is 1. The van der Waals surface area contributed by atoms with Gasteiger partial charge in [0.1, 0.15) is 0 Å². The van der Waals surface area contributed by atoms with E-state index in [1.165, 1.54) is 45.3 Å². The van der Waals surface area contributed by atoms with Crippen molar-refractivity contribution in [2.24, 2.45) is 17.8 Å². The van der Waals surface area contributed by atoms with Gasteiger partial charge in [0.05, 0.1) is 5.92 Å². The van der Waals surface area contributed by atoms with E-state index in [1.54, 1.807) is 0 Å². The first kappa shape index (κ1) is 14.3. The van der Waals surface area contributed by atoms with Gasteiger partial charge in [-0.05, 0) is 70.0 Å². The Morgan fingerprint density at radius 1 is 1.20 bits per heavy atom. The Balaban J connectivity index is 1.54. The zero-order valence-corrected chi connectivity index (χ0v) is 12.6. The third kappa shape index (κ3) is 2.73. The molecule has 0 radical (unpaired) electrons. The first-order valence-electron chi connectivity index (χ1n) is 8.40. The van der Waals surface area contributed by atoms with Crippen molar-refractivity contribution in [1.82, 2.24) is 10.2 Å². The smallest absolute Gasteiger partial charge is 0.308 e. The van der Waals surface area contributed by atoms with Gasteiger partial charge in [0.15, 0.2) is 0 Å². The van der Waals surface area contributed by atoms with Crippen LogP contribution in [-0.2, 0) is 4.79 Å². The second kappa shape index (κ2) is 6.02. The van der Waals surface area contributed by atoms with E-state index in [0.29, 0.717) is 17.9 Å². The number of carbonyl (C=O) groups is 1. The molecule has 4 atom stereocenters. The lowest BCUT2D eigenvalue weighted by atomic mass is 9.83. The van der Waals surface area contributed by atoms with Crippen molar-refractivity contribution in [2.75, 3.05) is 19.6 Å². The standard InChI is InChI=1S/C16H28N2O2/c1-2-7-18-8-5-13(6-9-18)17-15-12-4-3-11(10-12)14(15)16(19)20/h11-15,17H,2-10H2,1H3,(H,19,20). The topological polar surface area (TPSA) is 52.6 Å². The molecule has 4 nitrogen and oxygen atoms in total. The van der Waals surface area contributed by atoms with Crippen molar-refractivity contribution < 1.29 is 9.90 Å². The Hall–Kier alpha value is -0.610. The third-order valence-corrected chi connectivity index (χ3v) is 5.76. The second-order valence-corrected chi connectivity index (χ2v) is 7.01. The molecule has 3 aliphatic rings. The van der Waals surface area contributed by atoms with E-state index in [-0.39, 0.29) is 12.0 Å². The maximum absolute atomic E-state index is 11.5. The van der Waals surface area contributed by atoms with Crippen LogP contribution in [0.2, 0.25) is 0 Å². The van der Waals surface area contributed by atoms with Crippen molar-refractivity contribution in [1.29, 1.82) is 0 Å². The van der Waals surface area contributed by atoms with Crippen molar-refractivity contribution in [3.8, 4) is 0 Å². The van der Waals surface area contributed by atoms with Crippen LogP contribution in [0.3, 0.4) is 0 Å². The minimum absolute atomic E-state index is 0.123. The van der Waals surface area contributed by atoms with Crippen molar-refractivity contribution >= 4 is 5.97 Å². The molecule has 2 N–H and O–H groups in total. The zero-order valence-electron chi connectivity index (χ0n) is 12.6. The highest BCUT2D eigenvalue weighted by atomic mass is 16.4. The molecule has 0 aromatic heterocycles. The molecule has 20 heavy (non-hydrogen) atoms. The molecule has 4 heteroatoms. The van der Waals surface area contributed by atoms with Crippen LogP contribution in [0.1, 0.15) is 45.4 Å². The van der Waals surface area contributed by atoms with Crippen LogP contribution in [0.5, 0.6) is 0 Å². The SMILES string of the molecule is CCCN1CCC(NC2C3CCC(C3)C2C(=O)O)CC1. The van der Waals surface area contributed by atoms with E-state index in [0.717, 1.165) is 12.8 Å². The van der Waals surface area contributed by atoms with Gasteiger partial charge in [-0.3, -0.25) is 4.79 Å². The predicted molar refractivity (Wildman–Crippen MR) is 78.6 cm³/mol. The summed E-state index contributed by atoms with van der Waals surface area (Å²) in [6, 6.07) is 0.781. The molecule has 1 aliphatic heterocycles. The molecular weight excluding hydrogens is 252 g/mol.